The number of para-hydroxylation sites is 1. The van der Waals surface area contributed by atoms with E-state index in [0.29, 0.717) is 5.75 Å². The summed E-state index contributed by atoms with van der Waals surface area (Å²) in [4.78, 5) is 0. The van der Waals surface area contributed by atoms with Crippen molar-refractivity contribution < 1.29 is 5.11 Å². The van der Waals surface area contributed by atoms with Gasteiger partial charge in [-0.15, -0.1) is 0 Å². The Bertz CT molecular complexity index is 732. The molecular weight excluding hydrogens is 312 g/mol. The molecule has 3 rings (SSSR count). The first-order valence-corrected chi connectivity index (χ1v) is 7.18. The molecule has 3 aromatic rings. The molecule has 0 aliphatic heterocycles. The largest absolute Gasteiger partial charge is 0.507 e. The van der Waals surface area contributed by atoms with E-state index in [1.165, 1.54) is 0 Å². The van der Waals surface area contributed by atoms with Gasteiger partial charge in [0.05, 0.1) is 0 Å². The Kier molecular flexibility index (Phi) is 3.57. The molecule has 0 heterocycles. The Morgan fingerprint density at radius 2 is 1.35 bits per heavy atom. The maximum absolute atomic E-state index is 9.96. The van der Waals surface area contributed by atoms with Crippen LogP contribution >= 0.6 is 15.9 Å². The van der Waals surface area contributed by atoms with E-state index in [1.54, 1.807) is 6.07 Å². The summed E-state index contributed by atoms with van der Waals surface area (Å²) < 4.78 is 1.07. The lowest BCUT2D eigenvalue weighted by Crippen LogP contribution is -1.82. The molecule has 0 radical (unpaired) electrons. The number of hydrogen-bond acceptors (Lipinski definition) is 1. The van der Waals surface area contributed by atoms with Gasteiger partial charge in [0, 0.05) is 10.0 Å². The molecule has 0 saturated carbocycles. The number of halogens is 1. The molecule has 2 heteroatoms. The number of phenols is 1. The highest BCUT2D eigenvalue weighted by Crippen LogP contribution is 2.31. The van der Waals surface area contributed by atoms with E-state index in [0.717, 1.165) is 26.7 Å². The van der Waals surface area contributed by atoms with Crippen molar-refractivity contribution in [1.82, 2.24) is 0 Å². The van der Waals surface area contributed by atoms with Gasteiger partial charge in [-0.25, -0.2) is 0 Å². The summed E-state index contributed by atoms with van der Waals surface area (Å²) in [5.74, 6) is 0.306. The van der Waals surface area contributed by atoms with Crippen LogP contribution in [0.15, 0.2) is 77.3 Å². The molecule has 98 valence electrons. The molecule has 0 saturated heterocycles. The third kappa shape index (κ3) is 2.61. The van der Waals surface area contributed by atoms with E-state index in [9.17, 15) is 5.11 Å². The van der Waals surface area contributed by atoms with Crippen LogP contribution in [0, 0.1) is 0 Å². The van der Waals surface area contributed by atoms with Crippen LogP contribution in [0.25, 0.3) is 22.3 Å². The van der Waals surface area contributed by atoms with E-state index < -0.39 is 0 Å². The minimum atomic E-state index is 0.306. The highest BCUT2D eigenvalue weighted by Gasteiger charge is 2.05. The maximum Gasteiger partial charge on any atom is 0.123 e. The molecule has 1 nitrogen and oxygen atoms in total. The van der Waals surface area contributed by atoms with Crippen molar-refractivity contribution in [3.05, 3.63) is 77.3 Å². The van der Waals surface area contributed by atoms with Crippen molar-refractivity contribution in [2.24, 2.45) is 0 Å². The van der Waals surface area contributed by atoms with E-state index in [1.807, 2.05) is 42.5 Å². The first-order valence-electron chi connectivity index (χ1n) is 6.38. The van der Waals surface area contributed by atoms with Crippen molar-refractivity contribution in [2.75, 3.05) is 0 Å². The topological polar surface area (TPSA) is 20.2 Å². The molecule has 0 amide bonds. The van der Waals surface area contributed by atoms with Crippen molar-refractivity contribution in [3.8, 4) is 28.0 Å². The van der Waals surface area contributed by atoms with Crippen LogP contribution in [0.5, 0.6) is 5.75 Å². The van der Waals surface area contributed by atoms with Gasteiger partial charge < -0.3 is 5.11 Å². The third-order valence-corrected chi connectivity index (χ3v) is 3.78. The zero-order chi connectivity index (χ0) is 13.9. The highest BCUT2D eigenvalue weighted by atomic mass is 79.9. The van der Waals surface area contributed by atoms with E-state index in [2.05, 4.69) is 40.2 Å². The SMILES string of the molecule is Oc1ccccc1-c1cccc(-c2ccc(Br)cc2)c1. The van der Waals surface area contributed by atoms with Gasteiger partial charge in [0.25, 0.3) is 0 Å². The van der Waals surface area contributed by atoms with Crippen LogP contribution in [0.2, 0.25) is 0 Å². The molecule has 0 unspecified atom stereocenters. The summed E-state index contributed by atoms with van der Waals surface area (Å²) in [5.41, 5.74) is 4.17. The summed E-state index contributed by atoms with van der Waals surface area (Å²) in [5, 5.41) is 9.96. The summed E-state index contributed by atoms with van der Waals surface area (Å²) in [6.07, 6.45) is 0. The molecule has 1 N–H and O–H groups in total. The summed E-state index contributed by atoms with van der Waals surface area (Å²) in [6.45, 7) is 0. The highest BCUT2D eigenvalue weighted by molar-refractivity contribution is 9.10. The Morgan fingerprint density at radius 1 is 0.650 bits per heavy atom. The van der Waals surface area contributed by atoms with E-state index in [-0.39, 0.29) is 0 Å². The number of rotatable bonds is 2. The van der Waals surface area contributed by atoms with Gasteiger partial charge in [0.15, 0.2) is 0 Å². The number of aromatic hydroxyl groups is 1. The first-order chi connectivity index (χ1) is 9.74. The second kappa shape index (κ2) is 5.51. The third-order valence-electron chi connectivity index (χ3n) is 3.26. The first kappa shape index (κ1) is 12.9. The predicted molar refractivity (Wildman–Crippen MR) is 86.7 cm³/mol. The van der Waals surface area contributed by atoms with Gasteiger partial charge in [-0.3, -0.25) is 0 Å². The summed E-state index contributed by atoms with van der Waals surface area (Å²) >= 11 is 3.45. The lowest BCUT2D eigenvalue weighted by molar-refractivity contribution is 0.477. The molecular formula is C18H13BrO. The zero-order valence-corrected chi connectivity index (χ0v) is 12.3. The van der Waals surface area contributed by atoms with Crippen LogP contribution in [0.4, 0.5) is 0 Å². The second-order valence-electron chi connectivity index (χ2n) is 4.60. The molecule has 0 fully saturated rings. The molecule has 0 aliphatic rings. The number of phenolic OH excluding ortho intramolecular Hbond substituents is 1. The van der Waals surface area contributed by atoms with Gasteiger partial charge in [-0.05, 0) is 41.0 Å². The molecule has 0 spiro atoms. The van der Waals surface area contributed by atoms with E-state index in [4.69, 9.17) is 0 Å². The maximum atomic E-state index is 9.96. The van der Waals surface area contributed by atoms with Crippen molar-refractivity contribution >= 4 is 15.9 Å². The molecule has 0 aromatic heterocycles. The van der Waals surface area contributed by atoms with Crippen LogP contribution in [-0.2, 0) is 0 Å². The fraction of sp³-hybridized carbons (Fsp3) is 0. The van der Waals surface area contributed by atoms with Gasteiger partial charge in [-0.2, -0.15) is 0 Å². The van der Waals surface area contributed by atoms with Crippen LogP contribution in [-0.4, -0.2) is 5.11 Å². The normalized spacial score (nSPS) is 10.4. The van der Waals surface area contributed by atoms with Crippen molar-refractivity contribution in [3.63, 3.8) is 0 Å². The van der Waals surface area contributed by atoms with Crippen molar-refractivity contribution in [1.29, 1.82) is 0 Å². The predicted octanol–water partition coefficient (Wildman–Crippen LogP) is 5.49. The second-order valence-corrected chi connectivity index (χ2v) is 5.52. The smallest absolute Gasteiger partial charge is 0.123 e. The quantitative estimate of drug-likeness (QED) is 0.661. The van der Waals surface area contributed by atoms with Gasteiger partial charge in [0.2, 0.25) is 0 Å². The zero-order valence-electron chi connectivity index (χ0n) is 10.8. The Labute approximate surface area is 126 Å². The average Bonchev–Trinajstić information content (AvgIpc) is 2.49. The summed E-state index contributed by atoms with van der Waals surface area (Å²) in [7, 11) is 0. The standard InChI is InChI=1S/C18H13BrO/c19-16-10-8-13(9-11-16)14-4-3-5-15(12-14)17-6-1-2-7-18(17)20/h1-12,20H. The molecule has 20 heavy (non-hydrogen) atoms. The van der Waals surface area contributed by atoms with Crippen LogP contribution in [0.1, 0.15) is 0 Å². The molecule has 0 atom stereocenters. The molecule has 0 bridgehead atoms. The van der Waals surface area contributed by atoms with E-state index >= 15 is 0 Å². The van der Waals surface area contributed by atoms with Gasteiger partial charge >= 0.3 is 0 Å². The fourth-order valence-corrected chi connectivity index (χ4v) is 2.49. The molecule has 3 aromatic carbocycles. The monoisotopic (exact) mass is 324 g/mol. The lowest BCUT2D eigenvalue weighted by atomic mass is 9.99. The van der Waals surface area contributed by atoms with Crippen molar-refractivity contribution in [2.45, 2.75) is 0 Å². The lowest BCUT2D eigenvalue weighted by Gasteiger charge is -2.07. The average molecular weight is 325 g/mol. The Morgan fingerprint density at radius 3 is 2.10 bits per heavy atom. The van der Waals surface area contributed by atoms with Crippen LogP contribution in [0.3, 0.4) is 0 Å². The van der Waals surface area contributed by atoms with Gasteiger partial charge in [0.1, 0.15) is 5.75 Å². The molecule has 0 aliphatic carbocycles. The number of hydrogen-bond donors (Lipinski definition) is 1. The van der Waals surface area contributed by atoms with Crippen LogP contribution < -0.4 is 0 Å². The fourth-order valence-electron chi connectivity index (χ4n) is 2.23. The minimum absolute atomic E-state index is 0.306. The number of benzene rings is 3. The van der Waals surface area contributed by atoms with Gasteiger partial charge in [-0.1, -0.05) is 64.5 Å². The minimum Gasteiger partial charge on any atom is -0.507 e. The Balaban J connectivity index is 2.06. The summed E-state index contributed by atoms with van der Waals surface area (Å²) in [6, 6.07) is 23.8. The Hall–Kier alpha value is -2.06.